The molecule has 0 spiro atoms. The van der Waals surface area contributed by atoms with E-state index >= 15 is 0 Å². The average Bonchev–Trinajstić information content (AvgIpc) is 2.58. The van der Waals surface area contributed by atoms with E-state index in [2.05, 4.69) is 17.6 Å². The molecule has 0 unspecified atom stereocenters. The van der Waals surface area contributed by atoms with Crippen LogP contribution in [-0.2, 0) is 4.79 Å². The summed E-state index contributed by atoms with van der Waals surface area (Å²) in [6.07, 6.45) is 7.97. The molecule has 4 aliphatic rings. The van der Waals surface area contributed by atoms with Crippen molar-refractivity contribution in [2.75, 3.05) is 6.54 Å². The van der Waals surface area contributed by atoms with Gasteiger partial charge in [0.1, 0.15) is 0 Å². The van der Waals surface area contributed by atoms with Gasteiger partial charge in [-0.05, 0) is 86.8 Å². The molecule has 4 bridgehead atoms. The lowest BCUT2D eigenvalue weighted by Gasteiger charge is -2.59. The van der Waals surface area contributed by atoms with Gasteiger partial charge in [-0.25, -0.2) is 0 Å². The van der Waals surface area contributed by atoms with Gasteiger partial charge < -0.3 is 10.6 Å². The maximum absolute atomic E-state index is 12.4. The van der Waals surface area contributed by atoms with Crippen LogP contribution in [0.1, 0.15) is 55.8 Å². The van der Waals surface area contributed by atoms with Gasteiger partial charge in [0.25, 0.3) is 5.91 Å². The van der Waals surface area contributed by atoms with Gasteiger partial charge in [0.15, 0.2) is 0 Å². The Morgan fingerprint density at radius 3 is 2.35 bits per heavy atom. The van der Waals surface area contributed by atoms with E-state index in [0.717, 1.165) is 17.8 Å². The molecular weight excluding hydrogens is 348 g/mol. The highest BCUT2D eigenvalue weighted by molar-refractivity contribution is 6.30. The molecule has 4 saturated carbocycles. The normalized spacial score (nSPS) is 32.9. The van der Waals surface area contributed by atoms with E-state index in [1.165, 1.54) is 38.5 Å². The SMILES string of the molecule is C[C@H](NC(=O)CNC(=O)c1cccc(Cl)c1)C12CC3CC(CC(C3)C1)C2. The largest absolute Gasteiger partial charge is 0.352 e. The third kappa shape index (κ3) is 3.48. The molecule has 0 aliphatic heterocycles. The fourth-order valence-corrected chi connectivity index (χ4v) is 6.24. The molecule has 1 atom stereocenters. The number of nitrogens with one attached hydrogen (secondary N) is 2. The molecule has 2 amide bonds. The van der Waals surface area contributed by atoms with Crippen molar-refractivity contribution in [1.82, 2.24) is 10.6 Å². The molecule has 2 N–H and O–H groups in total. The predicted octanol–water partition coefficient (Wildman–Crippen LogP) is 3.79. The number of hydrogen-bond acceptors (Lipinski definition) is 2. The number of carbonyl (C=O) groups is 2. The van der Waals surface area contributed by atoms with Crippen molar-refractivity contribution >= 4 is 23.4 Å². The van der Waals surface area contributed by atoms with Gasteiger partial charge in [0.2, 0.25) is 5.91 Å². The maximum atomic E-state index is 12.4. The first-order chi connectivity index (χ1) is 12.4. The number of amides is 2. The minimum Gasteiger partial charge on any atom is -0.352 e. The van der Waals surface area contributed by atoms with Gasteiger partial charge in [-0.15, -0.1) is 0 Å². The summed E-state index contributed by atoms with van der Waals surface area (Å²) >= 11 is 5.91. The van der Waals surface area contributed by atoms with Crippen LogP contribution in [0.15, 0.2) is 24.3 Å². The van der Waals surface area contributed by atoms with E-state index in [4.69, 9.17) is 11.6 Å². The molecule has 0 aromatic heterocycles. The van der Waals surface area contributed by atoms with E-state index in [9.17, 15) is 9.59 Å². The molecule has 5 rings (SSSR count). The molecule has 4 fully saturated rings. The first kappa shape index (κ1) is 17.8. The molecule has 4 aliphatic carbocycles. The van der Waals surface area contributed by atoms with Crippen molar-refractivity contribution in [3.8, 4) is 0 Å². The summed E-state index contributed by atoms with van der Waals surface area (Å²) in [6, 6.07) is 6.92. The van der Waals surface area contributed by atoms with Crippen LogP contribution in [0.2, 0.25) is 5.02 Å². The topological polar surface area (TPSA) is 58.2 Å². The zero-order valence-electron chi connectivity index (χ0n) is 15.3. The maximum Gasteiger partial charge on any atom is 0.251 e. The summed E-state index contributed by atoms with van der Waals surface area (Å²) < 4.78 is 0. The van der Waals surface area contributed by atoms with Gasteiger partial charge in [-0.2, -0.15) is 0 Å². The summed E-state index contributed by atoms with van der Waals surface area (Å²) in [5.41, 5.74) is 0.751. The smallest absolute Gasteiger partial charge is 0.251 e. The summed E-state index contributed by atoms with van der Waals surface area (Å²) in [4.78, 5) is 24.6. The van der Waals surface area contributed by atoms with Crippen LogP contribution in [0.4, 0.5) is 0 Å². The van der Waals surface area contributed by atoms with E-state index in [0.29, 0.717) is 10.6 Å². The number of rotatable bonds is 5. The van der Waals surface area contributed by atoms with Gasteiger partial charge in [0, 0.05) is 16.6 Å². The van der Waals surface area contributed by atoms with Gasteiger partial charge in [-0.1, -0.05) is 17.7 Å². The van der Waals surface area contributed by atoms with Gasteiger partial charge in [-0.3, -0.25) is 9.59 Å². The third-order valence-electron chi connectivity index (χ3n) is 6.88. The summed E-state index contributed by atoms with van der Waals surface area (Å²) in [6.45, 7) is 2.16. The average molecular weight is 375 g/mol. The van der Waals surface area contributed by atoms with Crippen LogP contribution in [-0.4, -0.2) is 24.4 Å². The Morgan fingerprint density at radius 1 is 1.15 bits per heavy atom. The van der Waals surface area contributed by atoms with Crippen LogP contribution in [0, 0.1) is 23.2 Å². The molecule has 26 heavy (non-hydrogen) atoms. The van der Waals surface area contributed by atoms with E-state index < -0.39 is 0 Å². The Bertz CT molecular complexity index is 682. The summed E-state index contributed by atoms with van der Waals surface area (Å²) in [7, 11) is 0. The molecule has 4 nitrogen and oxygen atoms in total. The van der Waals surface area contributed by atoms with Crippen molar-refractivity contribution in [3.63, 3.8) is 0 Å². The van der Waals surface area contributed by atoms with Crippen molar-refractivity contribution in [2.24, 2.45) is 23.2 Å². The Labute approximate surface area is 160 Å². The van der Waals surface area contributed by atoms with E-state index in [1.807, 2.05) is 0 Å². The Kier molecular flexibility index (Phi) is 4.72. The quantitative estimate of drug-likeness (QED) is 0.823. The molecule has 1 aromatic carbocycles. The van der Waals surface area contributed by atoms with Crippen molar-refractivity contribution in [1.29, 1.82) is 0 Å². The van der Waals surface area contributed by atoms with Crippen LogP contribution >= 0.6 is 11.6 Å². The highest BCUT2D eigenvalue weighted by Crippen LogP contribution is 2.61. The minimum atomic E-state index is -0.273. The number of benzene rings is 1. The zero-order chi connectivity index (χ0) is 18.3. The molecule has 5 heteroatoms. The van der Waals surface area contributed by atoms with E-state index in [-0.39, 0.29) is 29.8 Å². The van der Waals surface area contributed by atoms with Crippen molar-refractivity contribution < 1.29 is 9.59 Å². The summed E-state index contributed by atoms with van der Waals surface area (Å²) in [5, 5.41) is 6.38. The van der Waals surface area contributed by atoms with Crippen LogP contribution in [0.25, 0.3) is 0 Å². The molecular formula is C21H27ClN2O2. The molecule has 0 heterocycles. The minimum absolute atomic E-state index is 0.00204. The lowest BCUT2D eigenvalue weighted by Crippen LogP contribution is -2.56. The first-order valence-electron chi connectivity index (χ1n) is 9.77. The lowest BCUT2D eigenvalue weighted by atomic mass is 9.48. The second kappa shape index (κ2) is 6.88. The summed E-state index contributed by atoms with van der Waals surface area (Å²) in [5.74, 6) is 2.21. The zero-order valence-corrected chi connectivity index (χ0v) is 16.0. The Hall–Kier alpha value is -1.55. The van der Waals surface area contributed by atoms with Crippen LogP contribution < -0.4 is 10.6 Å². The van der Waals surface area contributed by atoms with Crippen molar-refractivity contribution in [2.45, 2.75) is 51.5 Å². The van der Waals surface area contributed by atoms with Gasteiger partial charge >= 0.3 is 0 Å². The molecule has 140 valence electrons. The fraction of sp³-hybridized carbons (Fsp3) is 0.619. The molecule has 0 saturated heterocycles. The van der Waals surface area contributed by atoms with Crippen LogP contribution in [0.3, 0.4) is 0 Å². The Morgan fingerprint density at radius 2 is 1.77 bits per heavy atom. The number of carbonyl (C=O) groups excluding carboxylic acids is 2. The van der Waals surface area contributed by atoms with Crippen LogP contribution in [0.5, 0.6) is 0 Å². The van der Waals surface area contributed by atoms with Crippen molar-refractivity contribution in [3.05, 3.63) is 34.9 Å². The highest BCUT2D eigenvalue weighted by atomic mass is 35.5. The fourth-order valence-electron chi connectivity index (χ4n) is 6.05. The number of hydrogen-bond donors (Lipinski definition) is 2. The highest BCUT2D eigenvalue weighted by Gasteiger charge is 2.53. The molecule has 1 aromatic rings. The first-order valence-corrected chi connectivity index (χ1v) is 10.1. The lowest BCUT2D eigenvalue weighted by molar-refractivity contribution is -0.124. The molecule has 0 radical (unpaired) electrons. The predicted molar refractivity (Wildman–Crippen MR) is 102 cm³/mol. The van der Waals surface area contributed by atoms with Gasteiger partial charge in [0.05, 0.1) is 6.54 Å². The third-order valence-corrected chi connectivity index (χ3v) is 7.11. The second-order valence-electron chi connectivity index (χ2n) is 8.76. The standard InChI is InChI=1S/C21H27ClN2O2/c1-13(21-9-14-5-15(10-21)7-16(6-14)11-21)24-19(25)12-23-20(26)17-3-2-4-18(22)8-17/h2-4,8,13-16H,5-7,9-12H2,1H3,(H,23,26)(H,24,25)/t13-,14?,15?,16?,21?/m0/s1. The van der Waals surface area contributed by atoms with E-state index in [1.54, 1.807) is 24.3 Å². The monoisotopic (exact) mass is 374 g/mol. The Balaban J connectivity index is 1.31. The number of halogens is 1. The second-order valence-corrected chi connectivity index (χ2v) is 9.20.